The van der Waals surface area contributed by atoms with Gasteiger partial charge in [0.1, 0.15) is 17.2 Å². The minimum atomic E-state index is -4.55. The van der Waals surface area contributed by atoms with Gasteiger partial charge in [0.05, 0.1) is 12.7 Å². The number of hydrogen-bond acceptors (Lipinski definition) is 8. The molecule has 184 valence electrons. The largest absolute Gasteiger partial charge is 0.404 e. The van der Waals surface area contributed by atoms with Gasteiger partial charge in [0.25, 0.3) is 5.56 Å². The molecular formula is C19H23F3N8O3S. The molecule has 1 aliphatic heterocycles. The van der Waals surface area contributed by atoms with E-state index in [2.05, 4.69) is 20.6 Å². The Morgan fingerprint density at radius 1 is 1.44 bits per heavy atom. The highest BCUT2D eigenvalue weighted by atomic mass is 32.2. The minimum Gasteiger partial charge on any atom is -0.404 e. The van der Waals surface area contributed by atoms with Gasteiger partial charge in [-0.15, -0.1) is 11.8 Å². The highest BCUT2D eigenvalue weighted by molar-refractivity contribution is 8.03. The molecule has 0 fully saturated rings. The number of nitrogens with one attached hydrogen (secondary N) is 2. The molecule has 2 aromatic heterocycles. The number of halogens is 3. The van der Waals surface area contributed by atoms with Crippen LogP contribution in [0.15, 0.2) is 43.9 Å². The van der Waals surface area contributed by atoms with Crippen molar-refractivity contribution in [3.63, 3.8) is 0 Å². The molecule has 2 aromatic rings. The Morgan fingerprint density at radius 3 is 2.76 bits per heavy atom. The number of hydrogen-bond donors (Lipinski definition) is 3. The van der Waals surface area contributed by atoms with Gasteiger partial charge >= 0.3 is 11.9 Å². The first-order valence-electron chi connectivity index (χ1n) is 9.98. The van der Waals surface area contributed by atoms with Crippen LogP contribution in [0.1, 0.15) is 19.4 Å². The Morgan fingerprint density at radius 2 is 2.15 bits per heavy atom. The lowest BCUT2D eigenvalue weighted by atomic mass is 10.3. The van der Waals surface area contributed by atoms with E-state index in [-0.39, 0.29) is 16.5 Å². The van der Waals surface area contributed by atoms with Crippen LogP contribution in [0.5, 0.6) is 0 Å². The van der Waals surface area contributed by atoms with Crippen LogP contribution in [0.4, 0.5) is 13.2 Å². The number of amides is 1. The summed E-state index contributed by atoms with van der Waals surface area (Å²) in [6.45, 7) is 0.653. The fourth-order valence-electron chi connectivity index (χ4n) is 3.30. The maximum Gasteiger partial charge on any atom is 0.390 e. The predicted octanol–water partition coefficient (Wildman–Crippen LogP) is 0.531. The van der Waals surface area contributed by atoms with E-state index in [4.69, 9.17) is 5.73 Å². The van der Waals surface area contributed by atoms with Crippen LogP contribution in [0, 0.1) is 0 Å². The second-order valence-electron chi connectivity index (χ2n) is 7.40. The number of rotatable bonds is 7. The molecule has 1 amide bonds. The number of imidazole rings is 1. The van der Waals surface area contributed by atoms with Crippen LogP contribution in [0.2, 0.25) is 0 Å². The quantitative estimate of drug-likeness (QED) is 0.471. The van der Waals surface area contributed by atoms with Gasteiger partial charge < -0.3 is 20.9 Å². The second-order valence-corrected chi connectivity index (χ2v) is 8.38. The number of aliphatic imine (C=N–C) groups is 1. The molecule has 34 heavy (non-hydrogen) atoms. The molecule has 2 atom stereocenters. The molecule has 1 aliphatic rings. The first-order chi connectivity index (χ1) is 16.0. The Kier molecular flexibility index (Phi) is 7.24. The van der Waals surface area contributed by atoms with Crippen molar-refractivity contribution >= 4 is 35.0 Å². The van der Waals surface area contributed by atoms with Gasteiger partial charge in [-0.3, -0.25) is 23.7 Å². The van der Waals surface area contributed by atoms with Crippen LogP contribution in [0.25, 0.3) is 11.2 Å². The van der Waals surface area contributed by atoms with Gasteiger partial charge in [-0.05, 0) is 6.92 Å². The number of nitrogens with zero attached hydrogens (tertiary/aromatic N) is 5. The summed E-state index contributed by atoms with van der Waals surface area (Å²) in [5, 5.41) is 7.19. The Balaban J connectivity index is 1.86. The number of nitrogens with two attached hydrogens (primary N) is 1. The normalized spacial score (nSPS) is 17.8. The molecule has 0 spiro atoms. The summed E-state index contributed by atoms with van der Waals surface area (Å²) in [4.78, 5) is 46.2. The van der Waals surface area contributed by atoms with Crippen molar-refractivity contribution in [3.8, 4) is 0 Å². The van der Waals surface area contributed by atoms with E-state index < -0.39 is 42.3 Å². The lowest BCUT2D eigenvalue weighted by Crippen LogP contribution is -2.41. The van der Waals surface area contributed by atoms with Gasteiger partial charge in [0, 0.05) is 44.0 Å². The summed E-state index contributed by atoms with van der Waals surface area (Å²) >= 11 is 1.36. The van der Waals surface area contributed by atoms with Crippen molar-refractivity contribution < 1.29 is 18.0 Å². The van der Waals surface area contributed by atoms with E-state index >= 15 is 0 Å². The second kappa shape index (κ2) is 9.79. The maximum absolute atomic E-state index is 12.9. The molecule has 3 rings (SSSR count). The zero-order chi connectivity index (χ0) is 25.2. The van der Waals surface area contributed by atoms with E-state index in [0.717, 1.165) is 4.57 Å². The van der Waals surface area contributed by atoms with Crippen LogP contribution in [-0.2, 0) is 18.4 Å². The van der Waals surface area contributed by atoms with Gasteiger partial charge in [-0.25, -0.2) is 9.78 Å². The fourth-order valence-corrected chi connectivity index (χ4v) is 4.19. The number of fused-ring (bicyclic) bond motifs is 1. The summed E-state index contributed by atoms with van der Waals surface area (Å²) in [6, 6.07) is -0.972. The number of aromatic nitrogens is 4. The third-order valence-electron chi connectivity index (χ3n) is 5.11. The standard InChI is InChI=1S/C19H23F3N8O3S/c1-10(15(31)26-12-8-34-16(27-12)11(6-23)7-24-2)30-9-25-14-13(30)17(32)29(18(33)28(14)3)5-4-19(20,21)22/h6-10,16,27H,4-5,23H2,1-3H3,(H,26,31)/b11-6+,24-7?/t10-,16?/m0/s1. The summed E-state index contributed by atoms with van der Waals surface area (Å²) < 4.78 is 40.8. The third-order valence-corrected chi connectivity index (χ3v) is 6.15. The molecule has 0 bridgehead atoms. The Labute approximate surface area is 195 Å². The zero-order valence-electron chi connectivity index (χ0n) is 18.5. The smallest absolute Gasteiger partial charge is 0.390 e. The number of aryl methyl sites for hydroxylation is 1. The highest BCUT2D eigenvalue weighted by Crippen LogP contribution is 2.25. The molecule has 11 nitrogen and oxygen atoms in total. The molecular weight excluding hydrogens is 477 g/mol. The monoisotopic (exact) mass is 500 g/mol. The van der Waals surface area contributed by atoms with Crippen LogP contribution < -0.4 is 27.6 Å². The molecule has 0 aromatic carbocycles. The molecule has 3 heterocycles. The Hall–Kier alpha value is -3.49. The SMILES string of the molecule is CN=C/C(=C\N)C1NC(NC(=O)[C@H](C)n2cnc3c2c(=O)n(CCC(F)(F)F)c(=O)n3C)=CS1. The molecule has 0 radical (unpaired) electrons. The molecule has 0 saturated heterocycles. The van der Waals surface area contributed by atoms with E-state index in [1.807, 2.05) is 0 Å². The fraction of sp³-hybridized carbons (Fsp3) is 0.421. The van der Waals surface area contributed by atoms with Crippen molar-refractivity contribution in [1.82, 2.24) is 29.3 Å². The van der Waals surface area contributed by atoms with E-state index in [1.54, 1.807) is 18.7 Å². The molecule has 0 aliphatic carbocycles. The Bertz CT molecular complexity index is 1300. The summed E-state index contributed by atoms with van der Waals surface area (Å²) in [5.41, 5.74) is 4.23. The zero-order valence-corrected chi connectivity index (χ0v) is 19.3. The first-order valence-corrected chi connectivity index (χ1v) is 10.9. The third kappa shape index (κ3) is 5.03. The summed E-state index contributed by atoms with van der Waals surface area (Å²) in [6.07, 6.45) is -1.72. The average molecular weight is 501 g/mol. The summed E-state index contributed by atoms with van der Waals surface area (Å²) in [5.74, 6) is -0.119. The van der Waals surface area contributed by atoms with E-state index in [1.165, 1.54) is 42.8 Å². The van der Waals surface area contributed by atoms with E-state index in [0.29, 0.717) is 16.0 Å². The van der Waals surface area contributed by atoms with Gasteiger partial charge in [-0.1, -0.05) is 0 Å². The van der Waals surface area contributed by atoms with Crippen molar-refractivity contribution in [2.24, 2.45) is 17.8 Å². The van der Waals surface area contributed by atoms with Gasteiger partial charge in [-0.2, -0.15) is 13.2 Å². The highest BCUT2D eigenvalue weighted by Gasteiger charge is 2.29. The van der Waals surface area contributed by atoms with Gasteiger partial charge in [0.2, 0.25) is 5.91 Å². The molecule has 0 saturated carbocycles. The predicted molar refractivity (Wildman–Crippen MR) is 122 cm³/mol. The van der Waals surface area contributed by atoms with Crippen LogP contribution in [0.3, 0.4) is 0 Å². The van der Waals surface area contributed by atoms with E-state index in [9.17, 15) is 27.6 Å². The number of thioether (sulfide) groups is 1. The van der Waals surface area contributed by atoms with Crippen molar-refractivity contribution in [1.29, 1.82) is 0 Å². The summed E-state index contributed by atoms with van der Waals surface area (Å²) in [7, 11) is 2.90. The van der Waals surface area contributed by atoms with Crippen molar-refractivity contribution in [2.75, 3.05) is 7.05 Å². The topological polar surface area (TPSA) is 141 Å². The molecule has 4 N–H and O–H groups in total. The number of alkyl halides is 3. The first kappa shape index (κ1) is 25.1. The lowest BCUT2D eigenvalue weighted by Gasteiger charge is -2.17. The maximum atomic E-state index is 12.9. The number of carbonyl (C=O) groups excluding carboxylic acids is 1. The van der Waals surface area contributed by atoms with Crippen LogP contribution in [-0.4, -0.2) is 49.4 Å². The minimum absolute atomic E-state index is 0.0386. The molecule has 1 unspecified atom stereocenters. The van der Waals surface area contributed by atoms with Crippen molar-refractivity contribution in [2.45, 2.75) is 37.5 Å². The number of carbonyl (C=O) groups is 1. The molecule has 15 heteroatoms. The van der Waals surface area contributed by atoms with Gasteiger partial charge in [0.15, 0.2) is 11.2 Å². The van der Waals surface area contributed by atoms with Crippen molar-refractivity contribution in [3.05, 3.63) is 50.2 Å². The van der Waals surface area contributed by atoms with Crippen LogP contribution >= 0.6 is 11.8 Å². The average Bonchev–Trinajstić information content (AvgIpc) is 3.42. The lowest BCUT2D eigenvalue weighted by molar-refractivity contribution is -0.137.